The van der Waals surface area contributed by atoms with Gasteiger partial charge in [-0.2, -0.15) is 0 Å². The predicted octanol–water partition coefficient (Wildman–Crippen LogP) is 4.96. The summed E-state index contributed by atoms with van der Waals surface area (Å²) >= 11 is 0. The summed E-state index contributed by atoms with van der Waals surface area (Å²) in [6, 6.07) is 0. The number of allylic oxidation sites excluding steroid dienone is 4. The number of carboxylic acid groups (broad SMARTS) is 1. The zero-order valence-corrected chi connectivity index (χ0v) is 16.1. The van der Waals surface area contributed by atoms with Crippen molar-refractivity contribution < 1.29 is 15.0 Å². The van der Waals surface area contributed by atoms with E-state index in [0.717, 1.165) is 32.1 Å². The number of fused-ring (bicyclic) bond motifs is 3. The van der Waals surface area contributed by atoms with Crippen molar-refractivity contribution in [2.24, 2.45) is 28.6 Å². The fourth-order valence-electron chi connectivity index (χ4n) is 6.22. The van der Waals surface area contributed by atoms with Gasteiger partial charge in [0.15, 0.2) is 0 Å². The van der Waals surface area contributed by atoms with Crippen molar-refractivity contribution in [3.05, 3.63) is 23.3 Å². The lowest BCUT2D eigenvalue weighted by atomic mass is 9.45. The van der Waals surface area contributed by atoms with Gasteiger partial charge in [0, 0.05) is 6.61 Å². The molecule has 1 unspecified atom stereocenters. The van der Waals surface area contributed by atoms with Crippen LogP contribution >= 0.6 is 0 Å². The second kappa shape index (κ2) is 6.90. The Bertz CT molecular complexity index is 588. The van der Waals surface area contributed by atoms with E-state index in [0.29, 0.717) is 24.7 Å². The van der Waals surface area contributed by atoms with Crippen LogP contribution in [0.5, 0.6) is 0 Å². The lowest BCUT2D eigenvalue weighted by Crippen LogP contribution is -2.54. The Kier molecular flexibility index (Phi) is 5.16. The average molecular weight is 347 g/mol. The van der Waals surface area contributed by atoms with Crippen LogP contribution in [0, 0.1) is 28.6 Å². The van der Waals surface area contributed by atoms with Gasteiger partial charge in [-0.15, -0.1) is 0 Å². The molecule has 0 heterocycles. The van der Waals surface area contributed by atoms with Gasteiger partial charge < -0.3 is 10.2 Å². The molecule has 3 nitrogen and oxygen atoms in total. The van der Waals surface area contributed by atoms with Gasteiger partial charge in [0.05, 0.1) is 5.41 Å². The molecule has 140 valence electrons. The number of aliphatic carboxylic acids is 1. The minimum absolute atomic E-state index is 0.0786. The maximum atomic E-state index is 12.4. The van der Waals surface area contributed by atoms with Crippen LogP contribution in [-0.4, -0.2) is 22.8 Å². The van der Waals surface area contributed by atoms with Crippen LogP contribution < -0.4 is 0 Å². The highest BCUT2D eigenvalue weighted by Gasteiger charge is 2.58. The number of hydrogen-bond acceptors (Lipinski definition) is 2. The largest absolute Gasteiger partial charge is 0.481 e. The van der Waals surface area contributed by atoms with Gasteiger partial charge in [-0.05, 0) is 73.7 Å². The van der Waals surface area contributed by atoms with Gasteiger partial charge in [-0.25, -0.2) is 0 Å². The van der Waals surface area contributed by atoms with Crippen LogP contribution in [-0.2, 0) is 4.79 Å². The molecule has 3 rings (SSSR count). The summed E-state index contributed by atoms with van der Waals surface area (Å²) in [5, 5.41) is 19.5. The van der Waals surface area contributed by atoms with Crippen molar-refractivity contribution in [1.82, 2.24) is 0 Å². The van der Waals surface area contributed by atoms with Crippen LogP contribution in [0.25, 0.3) is 0 Å². The van der Waals surface area contributed by atoms with E-state index in [1.165, 1.54) is 12.0 Å². The van der Waals surface area contributed by atoms with Crippen LogP contribution in [0.1, 0.15) is 72.1 Å². The normalized spacial score (nSPS) is 37.8. The van der Waals surface area contributed by atoms with E-state index in [-0.39, 0.29) is 17.9 Å². The summed E-state index contributed by atoms with van der Waals surface area (Å²) in [6.45, 7) is 6.98. The smallest absolute Gasteiger partial charge is 0.309 e. The summed E-state index contributed by atoms with van der Waals surface area (Å²) in [4.78, 5) is 12.4. The number of aliphatic hydroxyl groups is 1. The molecule has 0 radical (unpaired) electrons. The lowest BCUT2D eigenvalue weighted by Gasteiger charge is -2.58. The fourth-order valence-corrected chi connectivity index (χ4v) is 6.22. The maximum Gasteiger partial charge on any atom is 0.309 e. The standard InChI is InChI=1S/C22H34O3/c1-15(2)16-6-8-18-17(14-16)7-9-19-21(18,3)10-4-11-22(19,20(24)25)12-5-13-23/h7,14-15,18-19,23H,4-6,8-13H2,1-3H3,(H,24,25)/t18-,19?,21-,22-/m1/s1. The van der Waals surface area contributed by atoms with Gasteiger partial charge >= 0.3 is 5.97 Å². The molecule has 0 bridgehead atoms. The van der Waals surface area contributed by atoms with E-state index in [2.05, 4.69) is 32.9 Å². The van der Waals surface area contributed by atoms with E-state index >= 15 is 0 Å². The lowest BCUT2D eigenvalue weighted by molar-refractivity contribution is -0.166. The molecule has 3 aliphatic carbocycles. The SMILES string of the molecule is CC(C)C1=CC2=CCC3[C@@](CCCO)(C(=O)O)CCC[C@]3(C)[C@@H]2CC1. The van der Waals surface area contributed by atoms with Crippen molar-refractivity contribution in [3.8, 4) is 0 Å². The van der Waals surface area contributed by atoms with E-state index in [4.69, 9.17) is 0 Å². The molecule has 0 spiro atoms. The number of carboxylic acids is 1. The third-order valence-electron chi connectivity index (χ3n) is 7.61. The fraction of sp³-hybridized carbons (Fsp3) is 0.773. The molecule has 0 amide bonds. The third kappa shape index (κ3) is 2.99. The van der Waals surface area contributed by atoms with Gasteiger partial charge in [0.1, 0.15) is 0 Å². The summed E-state index contributed by atoms with van der Waals surface area (Å²) in [6.07, 6.45) is 12.1. The molecule has 0 aromatic carbocycles. The second-order valence-electron chi connectivity index (χ2n) is 9.11. The van der Waals surface area contributed by atoms with Gasteiger partial charge in [0.25, 0.3) is 0 Å². The summed E-state index contributed by atoms with van der Waals surface area (Å²) in [5.41, 5.74) is 2.44. The van der Waals surface area contributed by atoms with E-state index in [1.54, 1.807) is 5.57 Å². The molecule has 0 saturated heterocycles. The molecule has 3 heteroatoms. The predicted molar refractivity (Wildman–Crippen MR) is 100 cm³/mol. The Hall–Kier alpha value is -1.09. The van der Waals surface area contributed by atoms with Crippen molar-refractivity contribution in [2.75, 3.05) is 6.61 Å². The van der Waals surface area contributed by atoms with Crippen LogP contribution in [0.3, 0.4) is 0 Å². The van der Waals surface area contributed by atoms with Crippen LogP contribution in [0.4, 0.5) is 0 Å². The molecular weight excluding hydrogens is 312 g/mol. The molecule has 0 aromatic heterocycles. The van der Waals surface area contributed by atoms with E-state index in [9.17, 15) is 15.0 Å². The first kappa shape index (κ1) is 18.7. The highest BCUT2D eigenvalue weighted by atomic mass is 16.4. The first-order valence-corrected chi connectivity index (χ1v) is 10.1. The summed E-state index contributed by atoms with van der Waals surface area (Å²) < 4.78 is 0. The minimum Gasteiger partial charge on any atom is -0.481 e. The maximum absolute atomic E-state index is 12.4. The molecule has 1 fully saturated rings. The second-order valence-corrected chi connectivity index (χ2v) is 9.11. The Morgan fingerprint density at radius 2 is 2.12 bits per heavy atom. The quantitative estimate of drug-likeness (QED) is 0.740. The van der Waals surface area contributed by atoms with Crippen molar-refractivity contribution in [3.63, 3.8) is 0 Å². The Labute approximate surface area is 152 Å². The Morgan fingerprint density at radius 3 is 2.76 bits per heavy atom. The van der Waals surface area contributed by atoms with E-state index < -0.39 is 11.4 Å². The number of carbonyl (C=O) groups is 1. The van der Waals surface area contributed by atoms with Crippen LogP contribution in [0.15, 0.2) is 23.3 Å². The number of rotatable bonds is 5. The molecule has 0 aromatic rings. The van der Waals surface area contributed by atoms with Crippen molar-refractivity contribution in [1.29, 1.82) is 0 Å². The third-order valence-corrected chi connectivity index (χ3v) is 7.61. The Morgan fingerprint density at radius 1 is 1.36 bits per heavy atom. The van der Waals surface area contributed by atoms with Gasteiger partial charge in [0.2, 0.25) is 0 Å². The highest BCUT2D eigenvalue weighted by molar-refractivity contribution is 5.75. The van der Waals surface area contributed by atoms with Crippen molar-refractivity contribution in [2.45, 2.75) is 72.1 Å². The van der Waals surface area contributed by atoms with Gasteiger partial charge in [-0.3, -0.25) is 4.79 Å². The van der Waals surface area contributed by atoms with Crippen molar-refractivity contribution >= 4 is 5.97 Å². The van der Waals surface area contributed by atoms with Gasteiger partial charge in [-0.1, -0.05) is 44.9 Å². The molecule has 1 saturated carbocycles. The zero-order chi connectivity index (χ0) is 18.2. The molecule has 0 aliphatic heterocycles. The zero-order valence-electron chi connectivity index (χ0n) is 16.1. The first-order chi connectivity index (χ1) is 11.8. The highest BCUT2D eigenvalue weighted by Crippen LogP contribution is 2.63. The first-order valence-electron chi connectivity index (χ1n) is 10.1. The molecule has 3 aliphatic rings. The van der Waals surface area contributed by atoms with E-state index in [1.807, 2.05) is 0 Å². The topological polar surface area (TPSA) is 57.5 Å². The minimum atomic E-state index is -0.653. The molecular formula is C22H34O3. The summed E-state index contributed by atoms with van der Waals surface area (Å²) in [5.74, 6) is 0.659. The number of hydrogen-bond donors (Lipinski definition) is 2. The molecule has 4 atom stereocenters. The average Bonchev–Trinajstić information content (AvgIpc) is 2.58. The molecule has 25 heavy (non-hydrogen) atoms. The van der Waals surface area contributed by atoms with Crippen LogP contribution in [0.2, 0.25) is 0 Å². The number of aliphatic hydroxyl groups excluding tert-OH is 1. The monoisotopic (exact) mass is 346 g/mol. The molecule has 2 N–H and O–H groups in total. The Balaban J connectivity index is 1.99. The summed E-state index contributed by atoms with van der Waals surface area (Å²) in [7, 11) is 0.